The third-order valence-corrected chi connectivity index (χ3v) is 4.46. The second kappa shape index (κ2) is 12.9. The quantitative estimate of drug-likeness (QED) is 0.209. The molecule has 1 N–H and O–H groups in total. The van der Waals surface area contributed by atoms with Crippen LogP contribution in [0.15, 0.2) is 23.8 Å². The second-order valence-corrected chi connectivity index (χ2v) is 6.23. The molecule has 22 heavy (non-hydrogen) atoms. The van der Waals surface area contributed by atoms with Gasteiger partial charge < -0.3 is 10.2 Å². The topological polar surface area (TPSA) is 40.5 Å². The first kappa shape index (κ1) is 21.4. The van der Waals surface area contributed by atoms with Gasteiger partial charge in [-0.05, 0) is 25.7 Å². The maximum Gasteiger partial charge on any atom is 0.193 e. The van der Waals surface area contributed by atoms with E-state index >= 15 is 0 Å². The van der Waals surface area contributed by atoms with Crippen LogP contribution in [0.1, 0.15) is 42.5 Å². The van der Waals surface area contributed by atoms with Gasteiger partial charge in [-0.15, -0.1) is 41.9 Å². The smallest absolute Gasteiger partial charge is 0.193 e. The van der Waals surface area contributed by atoms with Gasteiger partial charge in [0.15, 0.2) is 5.96 Å². The van der Waals surface area contributed by atoms with Crippen LogP contribution in [-0.2, 0) is 13.0 Å². The SMILES string of the molecule is C=CCCCCCN(C)C(=NC)NCc1ncc(CC)s1.I. The lowest BCUT2D eigenvalue weighted by Gasteiger charge is -2.21. The van der Waals surface area contributed by atoms with Crippen molar-refractivity contribution in [1.82, 2.24) is 15.2 Å². The molecule has 0 radical (unpaired) electrons. The molecule has 0 amide bonds. The Hall–Kier alpha value is -0.630. The molecular formula is C16H29IN4S. The molecule has 0 fully saturated rings. The van der Waals surface area contributed by atoms with Gasteiger partial charge in [0.05, 0.1) is 6.54 Å². The monoisotopic (exact) mass is 436 g/mol. The number of aryl methyl sites for hydroxylation is 1. The van der Waals surface area contributed by atoms with E-state index in [1.807, 2.05) is 19.3 Å². The van der Waals surface area contributed by atoms with Crippen molar-refractivity contribution in [3.8, 4) is 0 Å². The zero-order chi connectivity index (χ0) is 15.5. The molecule has 0 saturated heterocycles. The van der Waals surface area contributed by atoms with Crippen molar-refractivity contribution in [3.05, 3.63) is 28.7 Å². The number of hydrogen-bond acceptors (Lipinski definition) is 3. The molecule has 0 aromatic carbocycles. The maximum absolute atomic E-state index is 4.42. The van der Waals surface area contributed by atoms with Crippen LogP contribution in [0.3, 0.4) is 0 Å². The van der Waals surface area contributed by atoms with Crippen LogP contribution in [0, 0.1) is 0 Å². The molecule has 1 rings (SSSR count). The molecule has 0 aliphatic rings. The van der Waals surface area contributed by atoms with Gasteiger partial charge in [-0.1, -0.05) is 19.4 Å². The van der Waals surface area contributed by atoms with Crippen molar-refractivity contribution in [2.24, 2.45) is 4.99 Å². The van der Waals surface area contributed by atoms with Crippen LogP contribution < -0.4 is 5.32 Å². The summed E-state index contributed by atoms with van der Waals surface area (Å²) >= 11 is 1.77. The minimum atomic E-state index is 0. The molecule has 1 aromatic rings. The molecule has 0 spiro atoms. The van der Waals surface area contributed by atoms with Gasteiger partial charge in [-0.3, -0.25) is 4.99 Å². The first-order valence-corrected chi connectivity index (χ1v) is 8.49. The number of hydrogen-bond donors (Lipinski definition) is 1. The lowest BCUT2D eigenvalue weighted by molar-refractivity contribution is 0.455. The van der Waals surface area contributed by atoms with Gasteiger partial charge in [-0.25, -0.2) is 4.98 Å². The Labute approximate surface area is 156 Å². The summed E-state index contributed by atoms with van der Waals surface area (Å²) in [6.07, 6.45) is 9.76. The predicted octanol–water partition coefficient (Wildman–Crippen LogP) is 4.08. The fourth-order valence-corrected chi connectivity index (χ4v) is 2.86. The average Bonchev–Trinajstić information content (AvgIpc) is 2.95. The lowest BCUT2D eigenvalue weighted by Crippen LogP contribution is -2.38. The highest BCUT2D eigenvalue weighted by atomic mass is 127. The first-order chi connectivity index (χ1) is 10.2. The Morgan fingerprint density at radius 3 is 2.82 bits per heavy atom. The van der Waals surface area contributed by atoms with E-state index in [9.17, 15) is 0 Å². The summed E-state index contributed by atoms with van der Waals surface area (Å²) < 4.78 is 0. The number of aromatic nitrogens is 1. The number of thiazole rings is 1. The minimum Gasteiger partial charge on any atom is -0.350 e. The Bertz CT molecular complexity index is 445. The number of nitrogens with one attached hydrogen (secondary N) is 1. The van der Waals surface area contributed by atoms with Crippen molar-refractivity contribution in [3.63, 3.8) is 0 Å². The average molecular weight is 436 g/mol. The summed E-state index contributed by atoms with van der Waals surface area (Å²) in [4.78, 5) is 12.3. The molecule has 0 aliphatic heterocycles. The Morgan fingerprint density at radius 1 is 1.45 bits per heavy atom. The summed E-state index contributed by atoms with van der Waals surface area (Å²) in [5, 5.41) is 4.50. The van der Waals surface area contributed by atoms with E-state index in [0.29, 0.717) is 0 Å². The molecule has 126 valence electrons. The Morgan fingerprint density at radius 2 is 2.23 bits per heavy atom. The largest absolute Gasteiger partial charge is 0.350 e. The van der Waals surface area contributed by atoms with Crippen LogP contribution in [0.4, 0.5) is 0 Å². The van der Waals surface area contributed by atoms with Gasteiger partial charge >= 0.3 is 0 Å². The third-order valence-electron chi connectivity index (χ3n) is 3.32. The van der Waals surface area contributed by atoms with Crippen LogP contribution in [0.25, 0.3) is 0 Å². The highest BCUT2D eigenvalue weighted by Gasteiger charge is 2.07. The van der Waals surface area contributed by atoms with Crippen molar-refractivity contribution in [1.29, 1.82) is 0 Å². The fraction of sp³-hybridized carbons (Fsp3) is 0.625. The van der Waals surface area contributed by atoms with E-state index < -0.39 is 0 Å². The summed E-state index contributed by atoms with van der Waals surface area (Å²) in [7, 11) is 3.91. The van der Waals surface area contributed by atoms with Gasteiger partial charge in [0.1, 0.15) is 5.01 Å². The summed E-state index contributed by atoms with van der Waals surface area (Å²) in [5.74, 6) is 0.937. The van der Waals surface area contributed by atoms with Crippen LogP contribution in [0.2, 0.25) is 0 Å². The molecular weight excluding hydrogens is 407 g/mol. The van der Waals surface area contributed by atoms with E-state index in [2.05, 4.69) is 40.7 Å². The summed E-state index contributed by atoms with van der Waals surface area (Å²) in [6, 6.07) is 0. The van der Waals surface area contributed by atoms with Gasteiger partial charge in [0.2, 0.25) is 0 Å². The Balaban J connectivity index is 0.00000441. The highest BCUT2D eigenvalue weighted by Crippen LogP contribution is 2.12. The minimum absolute atomic E-state index is 0. The van der Waals surface area contributed by atoms with Gasteiger partial charge in [0, 0.05) is 31.7 Å². The number of aliphatic imine (C=N–C) groups is 1. The normalized spacial score (nSPS) is 11.0. The summed E-state index contributed by atoms with van der Waals surface area (Å²) in [6.45, 7) is 7.68. The number of nitrogens with zero attached hydrogens (tertiary/aromatic N) is 3. The van der Waals surface area contributed by atoms with Crippen LogP contribution >= 0.6 is 35.3 Å². The van der Waals surface area contributed by atoms with E-state index in [1.165, 1.54) is 24.1 Å². The van der Waals surface area contributed by atoms with E-state index in [4.69, 9.17) is 0 Å². The standard InChI is InChI=1S/C16H28N4S.HI/c1-5-7-8-9-10-11-20(4)16(17-3)19-13-15-18-12-14(6-2)21-15;/h5,12H,1,6-11,13H2,2-4H3,(H,17,19);1H. The molecule has 6 heteroatoms. The molecule has 0 atom stereocenters. The molecule has 1 aromatic heterocycles. The Kier molecular flexibility index (Phi) is 12.5. The zero-order valence-electron chi connectivity index (χ0n) is 14.0. The fourth-order valence-electron chi connectivity index (χ4n) is 2.05. The van der Waals surface area contributed by atoms with Crippen LogP contribution in [0.5, 0.6) is 0 Å². The number of halogens is 1. The third kappa shape index (κ3) is 8.12. The van der Waals surface area contributed by atoms with Crippen molar-refractivity contribution in [2.75, 3.05) is 20.6 Å². The molecule has 0 aliphatic carbocycles. The molecule has 0 bridgehead atoms. The van der Waals surface area contributed by atoms with E-state index in [1.54, 1.807) is 11.3 Å². The predicted molar refractivity (Wildman–Crippen MR) is 108 cm³/mol. The zero-order valence-corrected chi connectivity index (χ0v) is 17.1. The summed E-state index contributed by atoms with van der Waals surface area (Å²) in [5.41, 5.74) is 0. The van der Waals surface area contributed by atoms with Gasteiger partial charge in [-0.2, -0.15) is 0 Å². The maximum atomic E-state index is 4.42. The highest BCUT2D eigenvalue weighted by molar-refractivity contribution is 14.0. The number of guanidine groups is 1. The van der Waals surface area contributed by atoms with Crippen molar-refractivity contribution < 1.29 is 0 Å². The molecule has 1 heterocycles. The second-order valence-electron chi connectivity index (χ2n) is 5.03. The van der Waals surface area contributed by atoms with Crippen molar-refractivity contribution in [2.45, 2.75) is 45.6 Å². The van der Waals surface area contributed by atoms with Gasteiger partial charge in [0.25, 0.3) is 0 Å². The van der Waals surface area contributed by atoms with E-state index in [0.717, 1.165) is 36.9 Å². The molecule has 0 saturated carbocycles. The first-order valence-electron chi connectivity index (χ1n) is 7.67. The van der Waals surface area contributed by atoms with E-state index in [-0.39, 0.29) is 24.0 Å². The van der Waals surface area contributed by atoms with Crippen LogP contribution in [-0.4, -0.2) is 36.5 Å². The number of unbranched alkanes of at least 4 members (excludes halogenated alkanes) is 3. The number of rotatable bonds is 9. The van der Waals surface area contributed by atoms with Crippen molar-refractivity contribution >= 4 is 41.3 Å². The number of allylic oxidation sites excluding steroid dienone is 1. The molecule has 4 nitrogen and oxygen atoms in total. The lowest BCUT2D eigenvalue weighted by atomic mass is 10.2. The molecule has 0 unspecified atom stereocenters.